The smallest absolute Gasteiger partial charge is 0.239 e. The predicted molar refractivity (Wildman–Crippen MR) is 71.1 cm³/mol. The molecule has 1 rings (SSSR count). The molecule has 0 atom stereocenters. The molecular weight excluding hydrogens is 284 g/mol. The summed E-state index contributed by atoms with van der Waals surface area (Å²) in [6.07, 6.45) is 1.49. The Morgan fingerprint density at radius 3 is 2.00 bits per heavy atom. The van der Waals surface area contributed by atoms with Gasteiger partial charge in [0, 0.05) is 32.6 Å². The zero-order valence-corrected chi connectivity index (χ0v) is 12.4. The van der Waals surface area contributed by atoms with Crippen molar-refractivity contribution in [2.75, 3.05) is 26.2 Å². The number of alkyl halides is 1. The van der Waals surface area contributed by atoms with Gasteiger partial charge in [-0.05, 0) is 20.3 Å². The quantitative estimate of drug-likeness (QED) is 0.744. The lowest BCUT2D eigenvalue weighted by molar-refractivity contribution is -0.140. The van der Waals surface area contributed by atoms with Crippen LogP contribution in [0.1, 0.15) is 33.6 Å². The molecule has 0 aliphatic carbocycles. The van der Waals surface area contributed by atoms with Crippen LogP contribution in [-0.2, 0) is 9.59 Å². The average Bonchev–Trinajstić information content (AvgIpc) is 2.27. The summed E-state index contributed by atoms with van der Waals surface area (Å²) in [6.45, 7) is 8.31. The van der Waals surface area contributed by atoms with E-state index in [-0.39, 0.29) is 11.8 Å². The van der Waals surface area contributed by atoms with Gasteiger partial charge >= 0.3 is 0 Å². The van der Waals surface area contributed by atoms with Crippen LogP contribution in [0.5, 0.6) is 0 Å². The molecule has 2 amide bonds. The summed E-state index contributed by atoms with van der Waals surface area (Å²) in [5.41, 5.74) is 0. The first kappa shape index (κ1) is 14.5. The van der Waals surface area contributed by atoms with Crippen molar-refractivity contribution in [3.05, 3.63) is 0 Å². The molecule has 0 N–H and O–H groups in total. The van der Waals surface area contributed by atoms with Crippen molar-refractivity contribution in [3.8, 4) is 0 Å². The highest BCUT2D eigenvalue weighted by Gasteiger charge is 2.31. The molecule has 1 fully saturated rings. The van der Waals surface area contributed by atoms with Crippen molar-refractivity contribution in [2.45, 2.75) is 37.9 Å². The minimum absolute atomic E-state index is 0.0973. The Hall–Kier alpha value is -0.580. The van der Waals surface area contributed by atoms with Crippen LogP contribution in [0.4, 0.5) is 0 Å². The molecule has 0 unspecified atom stereocenters. The fraction of sp³-hybridized carbons (Fsp3) is 0.833. The van der Waals surface area contributed by atoms with E-state index in [4.69, 9.17) is 0 Å². The van der Waals surface area contributed by atoms with Gasteiger partial charge in [0.15, 0.2) is 0 Å². The van der Waals surface area contributed by atoms with Crippen LogP contribution in [0.2, 0.25) is 0 Å². The first-order valence-corrected chi connectivity index (χ1v) is 6.91. The van der Waals surface area contributed by atoms with Crippen LogP contribution in [0.25, 0.3) is 0 Å². The second kappa shape index (κ2) is 5.85. The topological polar surface area (TPSA) is 40.6 Å². The molecule has 0 spiro atoms. The number of nitrogens with zero attached hydrogens (tertiary/aromatic N) is 2. The van der Waals surface area contributed by atoms with Crippen LogP contribution < -0.4 is 0 Å². The average molecular weight is 305 g/mol. The summed E-state index contributed by atoms with van der Waals surface area (Å²) < 4.78 is -0.511. The number of halogens is 1. The minimum Gasteiger partial charge on any atom is -0.339 e. The van der Waals surface area contributed by atoms with E-state index >= 15 is 0 Å². The van der Waals surface area contributed by atoms with E-state index in [9.17, 15) is 9.59 Å². The molecule has 1 aliphatic heterocycles. The van der Waals surface area contributed by atoms with Gasteiger partial charge in [0.1, 0.15) is 0 Å². The summed E-state index contributed by atoms with van der Waals surface area (Å²) in [5, 5.41) is 0. The highest BCUT2D eigenvalue weighted by molar-refractivity contribution is 9.10. The first-order chi connectivity index (χ1) is 7.86. The van der Waals surface area contributed by atoms with E-state index in [0.29, 0.717) is 32.6 Å². The van der Waals surface area contributed by atoms with Crippen LogP contribution in [-0.4, -0.2) is 52.1 Å². The number of rotatable bonds is 3. The standard InChI is InChI=1S/C12H21BrN2O2/c1-4-5-10(16)14-6-8-15(9-7-14)11(17)12(2,3)13/h4-9H2,1-3H3. The second-order valence-corrected chi connectivity index (χ2v) is 6.88. The van der Waals surface area contributed by atoms with Crippen molar-refractivity contribution in [2.24, 2.45) is 0 Å². The number of amides is 2. The van der Waals surface area contributed by atoms with Gasteiger partial charge in [-0.2, -0.15) is 0 Å². The maximum absolute atomic E-state index is 12.0. The molecule has 0 bridgehead atoms. The number of hydrogen-bond donors (Lipinski definition) is 0. The Morgan fingerprint density at radius 1 is 1.12 bits per heavy atom. The first-order valence-electron chi connectivity index (χ1n) is 6.12. The monoisotopic (exact) mass is 304 g/mol. The fourth-order valence-corrected chi connectivity index (χ4v) is 2.16. The zero-order chi connectivity index (χ0) is 13.1. The maximum atomic E-state index is 12.0. The molecule has 5 heteroatoms. The summed E-state index contributed by atoms with van der Waals surface area (Å²) in [5.74, 6) is 0.304. The molecule has 1 aliphatic rings. The van der Waals surface area contributed by atoms with Crippen LogP contribution in [0, 0.1) is 0 Å². The van der Waals surface area contributed by atoms with Crippen molar-refractivity contribution < 1.29 is 9.59 Å². The number of piperazine rings is 1. The predicted octanol–water partition coefficient (Wildman–Crippen LogP) is 1.63. The molecule has 1 heterocycles. The number of carbonyl (C=O) groups excluding carboxylic acids is 2. The molecule has 0 aromatic rings. The normalized spacial score (nSPS) is 17.2. The summed E-state index contributed by atoms with van der Waals surface area (Å²) in [6, 6.07) is 0. The van der Waals surface area contributed by atoms with Crippen LogP contribution in [0.15, 0.2) is 0 Å². The van der Waals surface area contributed by atoms with Crippen LogP contribution in [0.3, 0.4) is 0 Å². The van der Waals surface area contributed by atoms with Crippen LogP contribution >= 0.6 is 15.9 Å². The fourth-order valence-electron chi connectivity index (χ4n) is 1.91. The lowest BCUT2D eigenvalue weighted by atomic mass is 10.1. The molecule has 98 valence electrons. The van der Waals surface area contributed by atoms with Gasteiger partial charge in [0.05, 0.1) is 4.32 Å². The lowest BCUT2D eigenvalue weighted by Crippen LogP contribution is -2.53. The Kier molecular flexibility index (Phi) is 4.98. The van der Waals surface area contributed by atoms with Gasteiger partial charge in [-0.3, -0.25) is 9.59 Å². The maximum Gasteiger partial charge on any atom is 0.239 e. The molecule has 0 aromatic heterocycles. The van der Waals surface area contributed by atoms with E-state index in [1.165, 1.54) is 0 Å². The van der Waals surface area contributed by atoms with E-state index in [2.05, 4.69) is 15.9 Å². The van der Waals surface area contributed by atoms with Gasteiger partial charge in [-0.1, -0.05) is 22.9 Å². The zero-order valence-electron chi connectivity index (χ0n) is 10.8. The van der Waals surface area contributed by atoms with Crippen molar-refractivity contribution in [1.29, 1.82) is 0 Å². The highest BCUT2D eigenvalue weighted by atomic mass is 79.9. The van der Waals surface area contributed by atoms with Crippen molar-refractivity contribution in [1.82, 2.24) is 9.80 Å². The van der Waals surface area contributed by atoms with Crippen molar-refractivity contribution >= 4 is 27.7 Å². The highest BCUT2D eigenvalue weighted by Crippen LogP contribution is 2.20. The molecule has 0 radical (unpaired) electrons. The van der Waals surface area contributed by atoms with Crippen molar-refractivity contribution in [3.63, 3.8) is 0 Å². The summed E-state index contributed by atoms with van der Waals surface area (Å²) >= 11 is 3.38. The molecule has 1 saturated heterocycles. The van der Waals surface area contributed by atoms with Gasteiger partial charge in [-0.15, -0.1) is 0 Å². The number of hydrogen-bond acceptors (Lipinski definition) is 2. The summed E-state index contributed by atoms with van der Waals surface area (Å²) in [7, 11) is 0. The third-order valence-electron chi connectivity index (χ3n) is 2.89. The largest absolute Gasteiger partial charge is 0.339 e. The summed E-state index contributed by atoms with van der Waals surface area (Å²) in [4.78, 5) is 27.4. The SMILES string of the molecule is CCCC(=O)N1CCN(C(=O)C(C)(C)Br)CC1. The molecular formula is C12H21BrN2O2. The minimum atomic E-state index is -0.511. The van der Waals surface area contributed by atoms with E-state index in [1.807, 2.05) is 30.6 Å². The van der Waals surface area contributed by atoms with E-state index in [0.717, 1.165) is 6.42 Å². The Labute approximate surface area is 111 Å². The lowest BCUT2D eigenvalue weighted by Gasteiger charge is -2.37. The molecule has 17 heavy (non-hydrogen) atoms. The Bertz CT molecular complexity index is 291. The third kappa shape index (κ3) is 3.98. The molecule has 0 saturated carbocycles. The second-order valence-electron chi connectivity index (χ2n) is 4.90. The van der Waals surface area contributed by atoms with Gasteiger partial charge < -0.3 is 9.80 Å². The van der Waals surface area contributed by atoms with E-state index < -0.39 is 4.32 Å². The van der Waals surface area contributed by atoms with E-state index in [1.54, 1.807) is 0 Å². The Morgan fingerprint density at radius 2 is 1.59 bits per heavy atom. The van der Waals surface area contributed by atoms with Gasteiger partial charge in [-0.25, -0.2) is 0 Å². The van der Waals surface area contributed by atoms with Gasteiger partial charge in [0.2, 0.25) is 11.8 Å². The number of carbonyl (C=O) groups is 2. The molecule has 4 nitrogen and oxygen atoms in total. The van der Waals surface area contributed by atoms with Gasteiger partial charge in [0.25, 0.3) is 0 Å². The Balaban J connectivity index is 2.46. The molecule has 0 aromatic carbocycles. The third-order valence-corrected chi connectivity index (χ3v) is 3.23.